The average molecular weight is 250 g/mol. The molecule has 1 aromatic heterocycles. The molecule has 0 aliphatic carbocycles. The Hall–Kier alpha value is -1.69. The van der Waals surface area contributed by atoms with Crippen molar-refractivity contribution in [3.05, 3.63) is 17.5 Å². The number of anilines is 1. The third kappa shape index (κ3) is 2.28. The van der Waals surface area contributed by atoms with E-state index in [0.717, 1.165) is 17.8 Å². The summed E-state index contributed by atoms with van der Waals surface area (Å²) < 4.78 is 0. The second-order valence-corrected chi connectivity index (χ2v) is 4.86. The molecule has 6 nitrogen and oxygen atoms in total. The van der Waals surface area contributed by atoms with Crippen molar-refractivity contribution in [2.75, 3.05) is 18.0 Å². The first-order valence-electron chi connectivity index (χ1n) is 6.00. The zero-order valence-electron chi connectivity index (χ0n) is 10.7. The lowest BCUT2D eigenvalue weighted by Crippen LogP contribution is -2.56. The van der Waals surface area contributed by atoms with Crippen LogP contribution < -0.4 is 10.6 Å². The topological polar surface area (TPSA) is 92.3 Å². The van der Waals surface area contributed by atoms with Crippen LogP contribution in [0.4, 0.5) is 5.95 Å². The van der Waals surface area contributed by atoms with Crippen molar-refractivity contribution in [1.82, 2.24) is 9.97 Å². The van der Waals surface area contributed by atoms with Crippen LogP contribution in [0.25, 0.3) is 0 Å². The molecule has 2 heterocycles. The maximum absolute atomic E-state index is 11.3. The van der Waals surface area contributed by atoms with Gasteiger partial charge in [0.1, 0.15) is 0 Å². The Bertz CT molecular complexity index is 477. The molecule has 0 bridgehead atoms. The van der Waals surface area contributed by atoms with Gasteiger partial charge in [-0.2, -0.15) is 0 Å². The number of primary amides is 1. The van der Waals surface area contributed by atoms with Crippen molar-refractivity contribution in [3.63, 3.8) is 0 Å². The first-order valence-corrected chi connectivity index (χ1v) is 6.00. The minimum atomic E-state index is -1.47. The third-order valence-electron chi connectivity index (χ3n) is 3.42. The SMILES string of the molecule is Cc1cnc(N2CCCC(O)(C(N)=O)C2)nc1C. The number of aliphatic hydroxyl groups is 1. The van der Waals surface area contributed by atoms with Crippen molar-refractivity contribution >= 4 is 11.9 Å². The molecule has 0 aromatic carbocycles. The number of carbonyl (C=O) groups excluding carboxylic acids is 1. The number of nitrogens with two attached hydrogens (primary N) is 1. The number of rotatable bonds is 2. The molecule has 1 atom stereocenters. The smallest absolute Gasteiger partial charge is 0.251 e. The third-order valence-corrected chi connectivity index (χ3v) is 3.42. The van der Waals surface area contributed by atoms with Gasteiger partial charge in [-0.05, 0) is 32.3 Å². The molecule has 1 aliphatic heterocycles. The molecule has 98 valence electrons. The highest BCUT2D eigenvalue weighted by Gasteiger charge is 2.39. The molecule has 18 heavy (non-hydrogen) atoms. The summed E-state index contributed by atoms with van der Waals surface area (Å²) in [6.07, 6.45) is 2.83. The number of carbonyl (C=O) groups is 1. The second kappa shape index (κ2) is 4.53. The highest BCUT2D eigenvalue weighted by Crippen LogP contribution is 2.24. The summed E-state index contributed by atoms with van der Waals surface area (Å²) in [6.45, 7) is 4.72. The first-order chi connectivity index (χ1) is 8.42. The van der Waals surface area contributed by atoms with Gasteiger partial charge >= 0.3 is 0 Å². The second-order valence-electron chi connectivity index (χ2n) is 4.86. The van der Waals surface area contributed by atoms with Crippen LogP contribution in [0.5, 0.6) is 0 Å². The maximum atomic E-state index is 11.3. The minimum Gasteiger partial charge on any atom is -0.378 e. The maximum Gasteiger partial charge on any atom is 0.251 e. The van der Waals surface area contributed by atoms with E-state index < -0.39 is 11.5 Å². The van der Waals surface area contributed by atoms with Gasteiger partial charge in [-0.3, -0.25) is 4.79 Å². The van der Waals surface area contributed by atoms with Gasteiger partial charge in [-0.25, -0.2) is 9.97 Å². The lowest BCUT2D eigenvalue weighted by atomic mass is 9.92. The number of β-amino-alcohol motifs (C(OH)–C–C–N with tert-alkyl or cyclic N) is 1. The molecule has 1 unspecified atom stereocenters. The minimum absolute atomic E-state index is 0.158. The first kappa shape index (κ1) is 12.8. The molecule has 0 radical (unpaired) electrons. The fourth-order valence-electron chi connectivity index (χ4n) is 2.08. The van der Waals surface area contributed by atoms with E-state index in [-0.39, 0.29) is 6.54 Å². The summed E-state index contributed by atoms with van der Waals surface area (Å²) in [4.78, 5) is 21.7. The van der Waals surface area contributed by atoms with Crippen LogP contribution in [0.15, 0.2) is 6.20 Å². The van der Waals surface area contributed by atoms with Gasteiger partial charge in [0, 0.05) is 18.4 Å². The molecule has 0 spiro atoms. The van der Waals surface area contributed by atoms with Gasteiger partial charge in [0.15, 0.2) is 5.60 Å². The average Bonchev–Trinajstić information content (AvgIpc) is 2.32. The van der Waals surface area contributed by atoms with Gasteiger partial charge in [-0.15, -0.1) is 0 Å². The van der Waals surface area contributed by atoms with Gasteiger partial charge in [0.05, 0.1) is 6.54 Å². The van der Waals surface area contributed by atoms with E-state index in [2.05, 4.69) is 9.97 Å². The van der Waals surface area contributed by atoms with Crippen molar-refractivity contribution in [2.45, 2.75) is 32.3 Å². The summed E-state index contributed by atoms with van der Waals surface area (Å²) >= 11 is 0. The van der Waals surface area contributed by atoms with Gasteiger partial charge in [-0.1, -0.05) is 0 Å². The largest absolute Gasteiger partial charge is 0.378 e. The van der Waals surface area contributed by atoms with E-state index in [1.165, 1.54) is 0 Å². The van der Waals surface area contributed by atoms with Crippen LogP contribution in [-0.4, -0.2) is 39.7 Å². The van der Waals surface area contributed by atoms with Crippen molar-refractivity contribution in [3.8, 4) is 0 Å². The van der Waals surface area contributed by atoms with Crippen LogP contribution in [0.2, 0.25) is 0 Å². The van der Waals surface area contributed by atoms with Crippen molar-refractivity contribution in [1.29, 1.82) is 0 Å². The zero-order valence-corrected chi connectivity index (χ0v) is 10.7. The standard InChI is InChI=1S/C12H18N4O2/c1-8-6-14-11(15-9(8)2)16-5-3-4-12(18,7-16)10(13)17/h6,18H,3-5,7H2,1-2H3,(H2,13,17). The Morgan fingerprint density at radius 2 is 2.28 bits per heavy atom. The zero-order chi connectivity index (χ0) is 13.3. The van der Waals surface area contributed by atoms with E-state index in [1.807, 2.05) is 13.8 Å². The number of piperidine rings is 1. The molecule has 1 amide bonds. The van der Waals surface area contributed by atoms with E-state index in [0.29, 0.717) is 18.8 Å². The predicted octanol–water partition coefficient (Wildman–Crippen LogP) is -0.0900. The Morgan fingerprint density at radius 1 is 1.56 bits per heavy atom. The summed E-state index contributed by atoms with van der Waals surface area (Å²) in [5, 5.41) is 10.1. The Labute approximate surface area is 106 Å². The van der Waals surface area contributed by atoms with Crippen LogP contribution >= 0.6 is 0 Å². The predicted molar refractivity (Wildman–Crippen MR) is 67.1 cm³/mol. The Morgan fingerprint density at radius 3 is 2.89 bits per heavy atom. The van der Waals surface area contributed by atoms with Gasteiger partial charge in [0.2, 0.25) is 5.95 Å². The summed E-state index contributed by atoms with van der Waals surface area (Å²) in [5.74, 6) is -0.145. The number of hydrogen-bond donors (Lipinski definition) is 2. The highest BCUT2D eigenvalue weighted by molar-refractivity contribution is 5.84. The molecule has 1 fully saturated rings. The van der Waals surface area contributed by atoms with Crippen LogP contribution in [0, 0.1) is 13.8 Å². The molecule has 1 aliphatic rings. The van der Waals surface area contributed by atoms with Crippen molar-refractivity contribution in [2.24, 2.45) is 5.73 Å². The van der Waals surface area contributed by atoms with Gasteiger partial charge < -0.3 is 15.7 Å². The highest BCUT2D eigenvalue weighted by atomic mass is 16.3. The molecule has 3 N–H and O–H groups in total. The molecule has 1 aromatic rings. The number of aryl methyl sites for hydroxylation is 2. The lowest BCUT2D eigenvalue weighted by Gasteiger charge is -2.37. The number of nitrogens with zero attached hydrogens (tertiary/aromatic N) is 3. The van der Waals surface area contributed by atoms with E-state index in [9.17, 15) is 9.90 Å². The molecule has 1 saturated heterocycles. The fourth-order valence-corrected chi connectivity index (χ4v) is 2.08. The summed E-state index contributed by atoms with van der Waals surface area (Å²) in [7, 11) is 0. The quantitative estimate of drug-likeness (QED) is 0.765. The number of aromatic nitrogens is 2. The van der Waals surface area contributed by atoms with Crippen LogP contribution in [0.3, 0.4) is 0 Å². The molecular formula is C12H18N4O2. The van der Waals surface area contributed by atoms with E-state index in [4.69, 9.17) is 5.73 Å². The van der Waals surface area contributed by atoms with Crippen LogP contribution in [0.1, 0.15) is 24.1 Å². The number of amides is 1. The Balaban J connectivity index is 2.23. The lowest BCUT2D eigenvalue weighted by molar-refractivity contribution is -0.137. The monoisotopic (exact) mass is 250 g/mol. The molecule has 0 saturated carbocycles. The number of hydrogen-bond acceptors (Lipinski definition) is 5. The molecular weight excluding hydrogens is 232 g/mol. The van der Waals surface area contributed by atoms with Crippen molar-refractivity contribution < 1.29 is 9.90 Å². The normalized spacial score (nSPS) is 24.1. The van der Waals surface area contributed by atoms with E-state index in [1.54, 1.807) is 11.1 Å². The van der Waals surface area contributed by atoms with Gasteiger partial charge in [0.25, 0.3) is 5.91 Å². The fraction of sp³-hybridized carbons (Fsp3) is 0.583. The summed E-state index contributed by atoms with van der Waals surface area (Å²) in [5.41, 5.74) is 5.68. The Kier molecular flexibility index (Phi) is 3.21. The van der Waals surface area contributed by atoms with E-state index >= 15 is 0 Å². The summed E-state index contributed by atoms with van der Waals surface area (Å²) in [6, 6.07) is 0. The van der Waals surface area contributed by atoms with Crippen LogP contribution in [-0.2, 0) is 4.79 Å². The molecule has 2 rings (SSSR count). The molecule has 6 heteroatoms.